The van der Waals surface area contributed by atoms with Crippen LogP contribution in [0.5, 0.6) is 5.88 Å². The molecule has 1 heterocycles. The van der Waals surface area contributed by atoms with Crippen LogP contribution in [-0.4, -0.2) is 22.6 Å². The summed E-state index contributed by atoms with van der Waals surface area (Å²) >= 11 is 0. The summed E-state index contributed by atoms with van der Waals surface area (Å²) in [5, 5.41) is 3.55. The fourth-order valence-corrected chi connectivity index (χ4v) is 3.11. The molecular formula is C15H25N3O. The van der Waals surface area contributed by atoms with Crippen LogP contribution in [0.25, 0.3) is 0 Å². The van der Waals surface area contributed by atoms with Gasteiger partial charge in [0, 0.05) is 12.1 Å². The maximum absolute atomic E-state index is 5.47. The van der Waals surface area contributed by atoms with Crippen LogP contribution in [0.3, 0.4) is 0 Å². The third kappa shape index (κ3) is 4.08. The number of hydrogen-bond acceptors (Lipinski definition) is 4. The summed E-state index contributed by atoms with van der Waals surface area (Å²) in [6, 6.07) is 2.42. The number of aromatic nitrogens is 2. The number of anilines is 1. The van der Waals surface area contributed by atoms with Gasteiger partial charge in [0.2, 0.25) is 5.88 Å². The van der Waals surface area contributed by atoms with Gasteiger partial charge in [-0.1, -0.05) is 13.8 Å². The van der Waals surface area contributed by atoms with Crippen LogP contribution in [0.2, 0.25) is 0 Å². The van der Waals surface area contributed by atoms with E-state index in [9.17, 15) is 0 Å². The Morgan fingerprint density at radius 1 is 1.21 bits per heavy atom. The number of nitrogens with one attached hydrogen (secondary N) is 1. The second-order valence-corrected chi connectivity index (χ2v) is 5.83. The zero-order valence-corrected chi connectivity index (χ0v) is 12.4. The molecule has 0 saturated heterocycles. The van der Waals surface area contributed by atoms with E-state index in [2.05, 4.69) is 29.1 Å². The Bertz CT molecular complexity index is 412. The summed E-state index contributed by atoms with van der Waals surface area (Å²) in [6.45, 7) is 9.17. The quantitative estimate of drug-likeness (QED) is 0.904. The Morgan fingerprint density at radius 2 is 1.89 bits per heavy atom. The average Bonchev–Trinajstić information content (AvgIpc) is 2.26. The summed E-state index contributed by atoms with van der Waals surface area (Å²) in [5.41, 5.74) is 0. The first kappa shape index (κ1) is 14.1. The summed E-state index contributed by atoms with van der Waals surface area (Å²) in [7, 11) is 0. The van der Waals surface area contributed by atoms with Crippen molar-refractivity contribution >= 4 is 5.82 Å². The molecule has 0 aliphatic heterocycles. The van der Waals surface area contributed by atoms with Gasteiger partial charge in [-0.25, -0.2) is 4.98 Å². The van der Waals surface area contributed by atoms with Crippen molar-refractivity contribution in [3.8, 4) is 5.88 Å². The minimum atomic E-state index is 0.516. The molecule has 0 radical (unpaired) electrons. The summed E-state index contributed by atoms with van der Waals surface area (Å²) in [6.07, 6.45) is 3.78. The standard InChI is InChI=1S/C15H25N3O/c1-5-19-15-9-14(16-12(4)17-15)18-13-7-10(2)6-11(3)8-13/h9-11,13H,5-8H2,1-4H3,(H,16,17,18). The van der Waals surface area contributed by atoms with Crippen molar-refractivity contribution in [1.29, 1.82) is 0 Å². The van der Waals surface area contributed by atoms with Crippen molar-refractivity contribution in [2.45, 2.75) is 53.0 Å². The molecule has 0 bridgehead atoms. The van der Waals surface area contributed by atoms with E-state index in [1.165, 1.54) is 19.3 Å². The van der Waals surface area contributed by atoms with Gasteiger partial charge in [0.1, 0.15) is 11.6 Å². The Hall–Kier alpha value is -1.32. The van der Waals surface area contributed by atoms with Crippen molar-refractivity contribution in [3.05, 3.63) is 11.9 Å². The van der Waals surface area contributed by atoms with E-state index in [-0.39, 0.29) is 0 Å². The van der Waals surface area contributed by atoms with Gasteiger partial charge < -0.3 is 10.1 Å². The van der Waals surface area contributed by atoms with E-state index in [0.29, 0.717) is 18.5 Å². The van der Waals surface area contributed by atoms with E-state index in [1.54, 1.807) is 0 Å². The van der Waals surface area contributed by atoms with Crippen molar-refractivity contribution in [3.63, 3.8) is 0 Å². The third-order valence-corrected chi connectivity index (χ3v) is 3.64. The number of hydrogen-bond donors (Lipinski definition) is 1. The van der Waals surface area contributed by atoms with E-state index >= 15 is 0 Å². The van der Waals surface area contributed by atoms with Gasteiger partial charge in [-0.3, -0.25) is 0 Å². The van der Waals surface area contributed by atoms with Crippen LogP contribution >= 0.6 is 0 Å². The monoisotopic (exact) mass is 263 g/mol. The lowest BCUT2D eigenvalue weighted by Crippen LogP contribution is -2.30. The second-order valence-electron chi connectivity index (χ2n) is 5.83. The highest BCUT2D eigenvalue weighted by atomic mass is 16.5. The lowest BCUT2D eigenvalue weighted by Gasteiger charge is -2.32. The number of ether oxygens (including phenoxy) is 1. The fourth-order valence-electron chi connectivity index (χ4n) is 3.11. The van der Waals surface area contributed by atoms with Gasteiger partial charge in [-0.15, -0.1) is 0 Å². The molecule has 1 saturated carbocycles. The third-order valence-electron chi connectivity index (χ3n) is 3.64. The molecule has 1 N–H and O–H groups in total. The number of rotatable bonds is 4. The highest BCUT2D eigenvalue weighted by Gasteiger charge is 2.24. The minimum absolute atomic E-state index is 0.516. The minimum Gasteiger partial charge on any atom is -0.478 e. The first-order valence-corrected chi connectivity index (χ1v) is 7.31. The average molecular weight is 263 g/mol. The Kier molecular flexibility index (Phi) is 4.61. The molecule has 1 aromatic heterocycles. The van der Waals surface area contributed by atoms with Crippen LogP contribution in [-0.2, 0) is 0 Å². The van der Waals surface area contributed by atoms with Crippen molar-refractivity contribution < 1.29 is 4.74 Å². The predicted octanol–water partition coefficient (Wildman–Crippen LogP) is 3.42. The molecular weight excluding hydrogens is 238 g/mol. The van der Waals surface area contributed by atoms with Crippen molar-refractivity contribution in [1.82, 2.24) is 9.97 Å². The Labute approximate surface area is 116 Å². The van der Waals surface area contributed by atoms with Crippen molar-refractivity contribution in [2.75, 3.05) is 11.9 Å². The van der Waals surface area contributed by atoms with E-state index in [4.69, 9.17) is 4.74 Å². The molecule has 4 heteroatoms. The molecule has 0 spiro atoms. The predicted molar refractivity (Wildman–Crippen MR) is 77.5 cm³/mol. The highest BCUT2D eigenvalue weighted by molar-refractivity contribution is 5.39. The van der Waals surface area contributed by atoms with Gasteiger partial charge in [0.25, 0.3) is 0 Å². The molecule has 2 unspecified atom stereocenters. The molecule has 1 fully saturated rings. The van der Waals surface area contributed by atoms with Crippen LogP contribution in [0.1, 0.15) is 45.9 Å². The van der Waals surface area contributed by atoms with Crippen molar-refractivity contribution in [2.24, 2.45) is 11.8 Å². The lowest BCUT2D eigenvalue weighted by molar-refractivity contribution is 0.280. The largest absolute Gasteiger partial charge is 0.478 e. The topological polar surface area (TPSA) is 47.0 Å². The molecule has 19 heavy (non-hydrogen) atoms. The first-order valence-electron chi connectivity index (χ1n) is 7.31. The number of aryl methyl sites for hydroxylation is 1. The normalized spacial score (nSPS) is 27.1. The SMILES string of the molecule is CCOc1cc(NC2CC(C)CC(C)C2)nc(C)n1. The zero-order chi connectivity index (χ0) is 13.8. The molecule has 1 aliphatic rings. The van der Waals surface area contributed by atoms with Gasteiger partial charge in [0.15, 0.2) is 0 Å². The van der Waals surface area contributed by atoms with E-state index in [0.717, 1.165) is 23.5 Å². The maximum Gasteiger partial charge on any atom is 0.218 e. The molecule has 2 rings (SSSR count). The zero-order valence-electron chi connectivity index (χ0n) is 12.4. The summed E-state index contributed by atoms with van der Waals surface area (Å²) in [4.78, 5) is 8.73. The van der Waals surface area contributed by atoms with Gasteiger partial charge in [-0.2, -0.15) is 4.98 Å². The van der Waals surface area contributed by atoms with Gasteiger partial charge in [0.05, 0.1) is 6.61 Å². The van der Waals surface area contributed by atoms with Gasteiger partial charge >= 0.3 is 0 Å². The Balaban J connectivity index is 2.05. The van der Waals surface area contributed by atoms with Crippen LogP contribution in [0, 0.1) is 18.8 Å². The van der Waals surface area contributed by atoms with Crippen LogP contribution in [0.4, 0.5) is 5.82 Å². The van der Waals surface area contributed by atoms with Gasteiger partial charge in [-0.05, 0) is 44.9 Å². The molecule has 0 aromatic carbocycles. The highest BCUT2D eigenvalue weighted by Crippen LogP contribution is 2.30. The number of nitrogens with zero attached hydrogens (tertiary/aromatic N) is 2. The molecule has 106 valence electrons. The van der Waals surface area contributed by atoms with E-state index in [1.807, 2.05) is 19.9 Å². The summed E-state index contributed by atoms with van der Waals surface area (Å²) < 4.78 is 5.47. The second kappa shape index (κ2) is 6.22. The first-order chi connectivity index (χ1) is 9.06. The molecule has 0 amide bonds. The Morgan fingerprint density at radius 3 is 2.53 bits per heavy atom. The fraction of sp³-hybridized carbons (Fsp3) is 0.733. The summed E-state index contributed by atoms with van der Waals surface area (Å²) in [5.74, 6) is 3.88. The molecule has 1 aliphatic carbocycles. The maximum atomic E-state index is 5.47. The van der Waals surface area contributed by atoms with Crippen LogP contribution < -0.4 is 10.1 Å². The molecule has 2 atom stereocenters. The van der Waals surface area contributed by atoms with Crippen LogP contribution in [0.15, 0.2) is 6.07 Å². The smallest absolute Gasteiger partial charge is 0.218 e. The molecule has 1 aromatic rings. The lowest BCUT2D eigenvalue weighted by atomic mass is 9.80. The van der Waals surface area contributed by atoms with E-state index < -0.39 is 0 Å². The molecule has 4 nitrogen and oxygen atoms in total.